The normalized spacial score (nSPS) is 17.9. The Kier molecular flexibility index (Phi) is 6.52. The molecule has 1 aromatic carbocycles. The third-order valence-corrected chi connectivity index (χ3v) is 4.08. The minimum atomic E-state index is 0.232. The van der Waals surface area contributed by atoms with Gasteiger partial charge in [-0.3, -0.25) is 0 Å². The van der Waals surface area contributed by atoms with Crippen molar-refractivity contribution in [1.82, 2.24) is 10.2 Å². The molecule has 0 aliphatic carbocycles. The Hall–Kier alpha value is -1.06. The van der Waals surface area contributed by atoms with E-state index in [-0.39, 0.29) is 6.10 Å². The van der Waals surface area contributed by atoms with Crippen LogP contribution >= 0.6 is 0 Å². The molecule has 1 aliphatic heterocycles. The molecule has 0 amide bonds. The van der Waals surface area contributed by atoms with Gasteiger partial charge in [0.1, 0.15) is 5.75 Å². The highest BCUT2D eigenvalue weighted by atomic mass is 16.5. The Morgan fingerprint density at radius 2 is 1.71 bits per heavy atom. The summed E-state index contributed by atoms with van der Waals surface area (Å²) in [4.78, 5) is 2.57. The smallest absolute Gasteiger partial charge is 0.119 e. The molecule has 2 rings (SSSR count). The van der Waals surface area contributed by atoms with Gasteiger partial charge in [-0.15, -0.1) is 0 Å². The van der Waals surface area contributed by atoms with E-state index in [9.17, 15) is 0 Å². The van der Waals surface area contributed by atoms with E-state index in [1.807, 2.05) is 0 Å². The minimum Gasteiger partial charge on any atom is -0.491 e. The molecule has 1 heterocycles. The molecule has 0 radical (unpaired) electrons. The lowest BCUT2D eigenvalue weighted by Crippen LogP contribution is -2.36. The molecule has 1 aromatic rings. The summed E-state index contributed by atoms with van der Waals surface area (Å²) < 4.78 is 5.68. The molecule has 3 heteroatoms. The first-order valence-electron chi connectivity index (χ1n) is 8.37. The van der Waals surface area contributed by atoms with E-state index in [1.165, 1.54) is 44.5 Å². The molecule has 1 fully saturated rings. The Bertz CT molecular complexity index is 396. The lowest BCUT2D eigenvalue weighted by atomic mass is 10.1. The van der Waals surface area contributed by atoms with Gasteiger partial charge in [-0.2, -0.15) is 0 Å². The third kappa shape index (κ3) is 5.68. The Morgan fingerprint density at radius 3 is 2.33 bits per heavy atom. The Labute approximate surface area is 129 Å². The summed E-state index contributed by atoms with van der Waals surface area (Å²) in [6, 6.07) is 8.85. The molecule has 0 spiro atoms. The number of benzene rings is 1. The first-order chi connectivity index (χ1) is 10.1. The first-order valence-corrected chi connectivity index (χ1v) is 8.37. The zero-order chi connectivity index (χ0) is 15.1. The van der Waals surface area contributed by atoms with Gasteiger partial charge in [-0.1, -0.05) is 18.6 Å². The van der Waals surface area contributed by atoms with Crippen LogP contribution in [0.2, 0.25) is 0 Å². The molecule has 1 aliphatic rings. The largest absolute Gasteiger partial charge is 0.491 e. The van der Waals surface area contributed by atoms with E-state index in [0.717, 1.165) is 12.3 Å². The van der Waals surface area contributed by atoms with Gasteiger partial charge in [0.25, 0.3) is 0 Å². The van der Waals surface area contributed by atoms with Crippen LogP contribution < -0.4 is 10.1 Å². The average Bonchev–Trinajstić information content (AvgIpc) is 2.48. The van der Waals surface area contributed by atoms with E-state index in [1.54, 1.807) is 0 Å². The van der Waals surface area contributed by atoms with Crippen molar-refractivity contribution in [3.63, 3.8) is 0 Å². The van der Waals surface area contributed by atoms with Crippen LogP contribution in [0.1, 0.15) is 51.6 Å². The maximum Gasteiger partial charge on any atom is 0.119 e. The number of piperidine rings is 1. The second kappa shape index (κ2) is 8.40. The number of rotatable bonds is 7. The zero-order valence-electron chi connectivity index (χ0n) is 13.8. The highest BCUT2D eigenvalue weighted by molar-refractivity contribution is 5.29. The van der Waals surface area contributed by atoms with Crippen molar-refractivity contribution in [1.29, 1.82) is 0 Å². The lowest BCUT2D eigenvalue weighted by Gasteiger charge is -2.27. The molecule has 118 valence electrons. The van der Waals surface area contributed by atoms with Crippen molar-refractivity contribution in [2.45, 2.75) is 52.2 Å². The summed E-state index contributed by atoms with van der Waals surface area (Å²) in [6.45, 7) is 11.1. The van der Waals surface area contributed by atoms with Gasteiger partial charge in [0, 0.05) is 19.1 Å². The molecule has 3 nitrogen and oxygen atoms in total. The number of hydrogen-bond donors (Lipinski definition) is 1. The lowest BCUT2D eigenvalue weighted by molar-refractivity contribution is 0.227. The van der Waals surface area contributed by atoms with Crippen LogP contribution in [0.4, 0.5) is 0 Å². The van der Waals surface area contributed by atoms with Gasteiger partial charge in [-0.25, -0.2) is 0 Å². The van der Waals surface area contributed by atoms with Crippen molar-refractivity contribution < 1.29 is 4.74 Å². The molecular formula is C18H30N2O. The van der Waals surface area contributed by atoms with Crippen molar-refractivity contribution in [3.8, 4) is 5.75 Å². The quantitative estimate of drug-likeness (QED) is 0.830. The van der Waals surface area contributed by atoms with Crippen LogP contribution in [0.3, 0.4) is 0 Å². The zero-order valence-corrected chi connectivity index (χ0v) is 13.8. The molecule has 1 N–H and O–H groups in total. The third-order valence-electron chi connectivity index (χ3n) is 4.08. The van der Waals surface area contributed by atoms with E-state index in [0.29, 0.717) is 6.04 Å². The van der Waals surface area contributed by atoms with E-state index in [2.05, 4.69) is 55.3 Å². The van der Waals surface area contributed by atoms with Crippen LogP contribution in [0.25, 0.3) is 0 Å². The number of hydrogen-bond acceptors (Lipinski definition) is 3. The summed E-state index contributed by atoms with van der Waals surface area (Å²) in [6.07, 6.45) is 4.38. The number of nitrogens with one attached hydrogen (secondary N) is 1. The van der Waals surface area contributed by atoms with Crippen LogP contribution in [0.5, 0.6) is 5.75 Å². The molecular weight excluding hydrogens is 260 g/mol. The second-order valence-corrected chi connectivity index (χ2v) is 6.31. The summed E-state index contributed by atoms with van der Waals surface area (Å²) in [7, 11) is 0. The van der Waals surface area contributed by atoms with Crippen LogP contribution in [-0.2, 0) is 0 Å². The van der Waals surface area contributed by atoms with Crippen molar-refractivity contribution >= 4 is 0 Å². The van der Waals surface area contributed by atoms with Gasteiger partial charge in [0.2, 0.25) is 0 Å². The van der Waals surface area contributed by atoms with E-state index < -0.39 is 0 Å². The monoisotopic (exact) mass is 290 g/mol. The minimum absolute atomic E-state index is 0.232. The summed E-state index contributed by atoms with van der Waals surface area (Å²) in [5.74, 6) is 0.953. The second-order valence-electron chi connectivity index (χ2n) is 6.31. The highest BCUT2D eigenvalue weighted by Crippen LogP contribution is 2.18. The highest BCUT2D eigenvalue weighted by Gasteiger charge is 2.10. The fourth-order valence-electron chi connectivity index (χ4n) is 2.85. The summed E-state index contributed by atoms with van der Waals surface area (Å²) in [5, 5.41) is 3.62. The first kappa shape index (κ1) is 16.3. The maximum absolute atomic E-state index is 5.68. The maximum atomic E-state index is 5.68. The van der Waals surface area contributed by atoms with Gasteiger partial charge >= 0.3 is 0 Å². The van der Waals surface area contributed by atoms with E-state index >= 15 is 0 Å². The van der Waals surface area contributed by atoms with Crippen LogP contribution in [0, 0.1) is 0 Å². The van der Waals surface area contributed by atoms with Crippen LogP contribution in [-0.4, -0.2) is 37.2 Å². The number of ether oxygens (including phenoxy) is 1. The van der Waals surface area contributed by atoms with Gasteiger partial charge < -0.3 is 15.0 Å². The number of nitrogens with zero attached hydrogens (tertiary/aromatic N) is 1. The van der Waals surface area contributed by atoms with Crippen molar-refractivity contribution in [3.05, 3.63) is 29.8 Å². The summed E-state index contributed by atoms with van der Waals surface area (Å²) >= 11 is 0. The number of likely N-dealkylation sites (tertiary alicyclic amines) is 1. The van der Waals surface area contributed by atoms with Gasteiger partial charge in [0.05, 0.1) is 6.10 Å². The predicted molar refractivity (Wildman–Crippen MR) is 88.9 cm³/mol. The molecule has 0 bridgehead atoms. The Morgan fingerprint density at radius 1 is 1.05 bits per heavy atom. The predicted octanol–water partition coefficient (Wildman–Crippen LogP) is 3.61. The van der Waals surface area contributed by atoms with Crippen molar-refractivity contribution in [2.24, 2.45) is 0 Å². The molecule has 21 heavy (non-hydrogen) atoms. The van der Waals surface area contributed by atoms with Gasteiger partial charge in [0.15, 0.2) is 0 Å². The summed E-state index contributed by atoms with van der Waals surface area (Å²) in [5.41, 5.74) is 1.32. The topological polar surface area (TPSA) is 24.5 Å². The molecule has 1 saturated heterocycles. The van der Waals surface area contributed by atoms with Gasteiger partial charge in [-0.05, 0) is 64.4 Å². The molecule has 1 unspecified atom stereocenters. The van der Waals surface area contributed by atoms with Crippen LogP contribution in [0.15, 0.2) is 24.3 Å². The fraction of sp³-hybridized carbons (Fsp3) is 0.667. The molecule has 1 atom stereocenters. The van der Waals surface area contributed by atoms with E-state index in [4.69, 9.17) is 4.74 Å². The molecule has 0 saturated carbocycles. The van der Waals surface area contributed by atoms with Crippen molar-refractivity contribution in [2.75, 3.05) is 26.2 Å². The SMILES string of the molecule is CC(C)Oc1ccc(C(C)NCCN2CCCCC2)cc1. The standard InChI is InChI=1S/C18H30N2O/c1-15(2)21-18-9-7-17(8-10-18)16(3)19-11-14-20-12-5-4-6-13-20/h7-10,15-16,19H,4-6,11-14H2,1-3H3. The fourth-order valence-corrected chi connectivity index (χ4v) is 2.85. The molecule has 0 aromatic heterocycles. The average molecular weight is 290 g/mol. The Balaban J connectivity index is 1.73.